The second kappa shape index (κ2) is 21.0. The zero-order chi connectivity index (χ0) is 35.6. The number of nitrogens with zero attached hydrogens (tertiary/aromatic N) is 1. The maximum absolute atomic E-state index is 13.7. The lowest BCUT2D eigenvalue weighted by molar-refractivity contribution is -0.164. The first-order valence-electron chi connectivity index (χ1n) is 16.9. The lowest BCUT2D eigenvalue weighted by atomic mass is 9.97. The van der Waals surface area contributed by atoms with Gasteiger partial charge in [-0.1, -0.05) is 32.0 Å². The number of methoxy groups -OCH3 is 1. The summed E-state index contributed by atoms with van der Waals surface area (Å²) in [4.78, 5) is 53.4. The third kappa shape index (κ3) is 12.6. The number of Topliss-reactive ketones (excluding diaryl/α,β-unsaturated/α-hetero) is 1. The molecule has 0 spiro atoms. The van der Waals surface area contributed by atoms with Crippen molar-refractivity contribution < 1.29 is 48.0 Å². The van der Waals surface area contributed by atoms with E-state index in [9.17, 15) is 24.3 Å². The number of hydrogen-bond donors (Lipinski definition) is 3. The molecule has 2 amide bonds. The number of piperidine rings is 1. The molecule has 3 rings (SSSR count). The van der Waals surface area contributed by atoms with Gasteiger partial charge in [-0.3, -0.25) is 14.4 Å². The number of benzene rings is 2. The van der Waals surface area contributed by atoms with E-state index in [0.717, 1.165) is 12.0 Å². The van der Waals surface area contributed by atoms with Gasteiger partial charge in [0, 0.05) is 25.6 Å². The molecule has 49 heavy (non-hydrogen) atoms. The van der Waals surface area contributed by atoms with Gasteiger partial charge >= 0.3 is 5.97 Å². The van der Waals surface area contributed by atoms with Crippen molar-refractivity contribution in [2.45, 2.75) is 64.5 Å². The van der Waals surface area contributed by atoms with Crippen LogP contribution in [-0.4, -0.2) is 99.4 Å². The molecule has 0 aromatic heterocycles. The molecule has 1 heterocycles. The van der Waals surface area contributed by atoms with Crippen LogP contribution in [0.5, 0.6) is 17.2 Å². The second-order valence-electron chi connectivity index (χ2n) is 11.9. The van der Waals surface area contributed by atoms with Gasteiger partial charge in [-0.05, 0) is 73.9 Å². The first-order valence-corrected chi connectivity index (χ1v) is 16.9. The highest BCUT2D eigenvalue weighted by Crippen LogP contribution is 2.31. The summed E-state index contributed by atoms with van der Waals surface area (Å²) in [5.41, 5.74) is 6.79. The van der Waals surface area contributed by atoms with E-state index >= 15 is 0 Å². The highest BCUT2D eigenvalue weighted by molar-refractivity contribution is 6.37. The van der Waals surface area contributed by atoms with E-state index in [1.54, 1.807) is 43.3 Å². The number of aryl methyl sites for hydroxylation is 1. The van der Waals surface area contributed by atoms with Crippen LogP contribution in [0.15, 0.2) is 42.5 Å². The number of carbonyl (C=O) groups excluding carboxylic acids is 4. The fourth-order valence-corrected chi connectivity index (χ4v) is 5.33. The van der Waals surface area contributed by atoms with E-state index in [4.69, 9.17) is 29.4 Å². The van der Waals surface area contributed by atoms with Gasteiger partial charge in [-0.25, -0.2) is 4.79 Å². The predicted octanol–water partition coefficient (Wildman–Crippen LogP) is 3.10. The average molecular weight is 686 g/mol. The molecule has 4 N–H and O–H groups in total. The summed E-state index contributed by atoms with van der Waals surface area (Å²) in [6.45, 7) is 5.99. The van der Waals surface area contributed by atoms with Crippen LogP contribution < -0.4 is 20.5 Å². The molecule has 1 fully saturated rings. The number of carbonyl (C=O) groups is 4. The fourth-order valence-electron chi connectivity index (χ4n) is 5.33. The van der Waals surface area contributed by atoms with Crippen LogP contribution in [0.25, 0.3) is 0 Å². The summed E-state index contributed by atoms with van der Waals surface area (Å²) < 4.78 is 27.7. The first kappa shape index (κ1) is 39.2. The predicted molar refractivity (Wildman–Crippen MR) is 181 cm³/mol. The number of phenolic OH excluding ortho intramolecular Hbond substituents is 1. The monoisotopic (exact) mass is 685 g/mol. The summed E-state index contributed by atoms with van der Waals surface area (Å²) in [5.74, 6) is -1.79. The standard InChI is InChI=1S/C36H51N3O10/c1-4-25(2)34(42)35(43)39-17-6-5-10-29(39)36(44)49-31(13-11-26-12-14-32(45-3)30(40)22-26)27-8-7-9-28(23-27)48-24-33(41)38-16-19-47-21-20-46-18-15-37/h7-9,12,14,22-23,25,29,31,40H,4-6,10-11,13,15-21,24,37H2,1-3H3,(H,38,41)/t25?,29?,31-/m1/s1. The number of esters is 1. The Labute approximate surface area is 288 Å². The molecule has 270 valence electrons. The molecule has 0 bridgehead atoms. The molecule has 13 heteroatoms. The number of likely N-dealkylation sites (tertiary alicyclic amines) is 1. The lowest BCUT2D eigenvalue weighted by Crippen LogP contribution is -2.52. The Morgan fingerprint density at radius 3 is 2.53 bits per heavy atom. The highest BCUT2D eigenvalue weighted by atomic mass is 16.5. The van der Waals surface area contributed by atoms with Gasteiger partial charge in [0.2, 0.25) is 5.78 Å². The number of aromatic hydroxyl groups is 1. The zero-order valence-corrected chi connectivity index (χ0v) is 28.8. The number of ketones is 1. The van der Waals surface area contributed by atoms with Gasteiger partial charge in [0.25, 0.3) is 11.8 Å². The van der Waals surface area contributed by atoms with E-state index < -0.39 is 35.7 Å². The molecule has 2 aromatic rings. The second-order valence-corrected chi connectivity index (χ2v) is 11.9. The maximum atomic E-state index is 13.7. The van der Waals surface area contributed by atoms with Crippen LogP contribution >= 0.6 is 0 Å². The summed E-state index contributed by atoms with van der Waals surface area (Å²) in [6.07, 6.45) is 2.34. The normalized spacial score (nSPS) is 15.6. The van der Waals surface area contributed by atoms with Crippen molar-refractivity contribution >= 4 is 23.6 Å². The lowest BCUT2D eigenvalue weighted by Gasteiger charge is -2.35. The molecule has 0 radical (unpaired) electrons. The summed E-state index contributed by atoms with van der Waals surface area (Å²) >= 11 is 0. The van der Waals surface area contributed by atoms with Crippen molar-refractivity contribution in [3.63, 3.8) is 0 Å². The molecular weight excluding hydrogens is 634 g/mol. The van der Waals surface area contributed by atoms with Gasteiger partial charge in [-0.15, -0.1) is 0 Å². The number of hydrogen-bond acceptors (Lipinski definition) is 11. The fraction of sp³-hybridized carbons (Fsp3) is 0.556. The summed E-state index contributed by atoms with van der Waals surface area (Å²) in [6, 6.07) is 11.1. The van der Waals surface area contributed by atoms with Crippen molar-refractivity contribution in [1.29, 1.82) is 0 Å². The minimum Gasteiger partial charge on any atom is -0.504 e. The topological polar surface area (TPSA) is 176 Å². The molecule has 1 aliphatic heterocycles. The van der Waals surface area contributed by atoms with Crippen LogP contribution in [-0.2, 0) is 39.8 Å². The quantitative estimate of drug-likeness (QED) is 0.100. The largest absolute Gasteiger partial charge is 0.504 e. The molecular formula is C36H51N3O10. The number of nitrogens with one attached hydrogen (secondary N) is 1. The van der Waals surface area contributed by atoms with Crippen LogP contribution in [0.3, 0.4) is 0 Å². The van der Waals surface area contributed by atoms with E-state index in [1.807, 2.05) is 13.0 Å². The molecule has 3 atom stereocenters. The van der Waals surface area contributed by atoms with Gasteiger partial charge in [-0.2, -0.15) is 0 Å². The zero-order valence-electron chi connectivity index (χ0n) is 28.8. The molecule has 13 nitrogen and oxygen atoms in total. The van der Waals surface area contributed by atoms with Crippen LogP contribution in [0.4, 0.5) is 0 Å². The Morgan fingerprint density at radius 2 is 1.82 bits per heavy atom. The van der Waals surface area contributed by atoms with E-state index in [1.165, 1.54) is 12.0 Å². The van der Waals surface area contributed by atoms with Gasteiger partial charge in [0.1, 0.15) is 17.9 Å². The Kier molecular flexibility index (Phi) is 16.8. The molecule has 0 saturated carbocycles. The molecule has 1 saturated heterocycles. The van der Waals surface area contributed by atoms with Gasteiger partial charge < -0.3 is 44.7 Å². The van der Waals surface area contributed by atoms with Crippen LogP contribution in [0.2, 0.25) is 0 Å². The minimum atomic E-state index is -0.882. The van der Waals surface area contributed by atoms with Crippen LogP contribution in [0.1, 0.15) is 63.2 Å². The van der Waals surface area contributed by atoms with Crippen molar-refractivity contribution in [3.05, 3.63) is 53.6 Å². The molecule has 2 aromatic carbocycles. The minimum absolute atomic E-state index is 0.00681. The van der Waals surface area contributed by atoms with Gasteiger partial charge in [0.15, 0.2) is 18.1 Å². The Balaban J connectivity index is 1.69. The Bertz CT molecular complexity index is 1370. The highest BCUT2D eigenvalue weighted by Gasteiger charge is 2.38. The third-order valence-corrected chi connectivity index (χ3v) is 8.31. The molecule has 1 aliphatic rings. The third-order valence-electron chi connectivity index (χ3n) is 8.31. The number of phenols is 1. The van der Waals surface area contributed by atoms with E-state index in [0.29, 0.717) is 95.2 Å². The smallest absolute Gasteiger partial charge is 0.329 e. The average Bonchev–Trinajstić information content (AvgIpc) is 3.12. The van der Waals surface area contributed by atoms with Gasteiger partial charge in [0.05, 0.1) is 33.5 Å². The number of amides is 2. The molecule has 2 unspecified atom stereocenters. The van der Waals surface area contributed by atoms with Crippen LogP contribution in [0, 0.1) is 5.92 Å². The van der Waals surface area contributed by atoms with E-state index in [-0.39, 0.29) is 18.3 Å². The first-order chi connectivity index (χ1) is 23.7. The Hall–Kier alpha value is -4.20. The van der Waals surface area contributed by atoms with Crippen molar-refractivity contribution in [2.24, 2.45) is 11.7 Å². The van der Waals surface area contributed by atoms with Crippen molar-refractivity contribution in [1.82, 2.24) is 10.2 Å². The van der Waals surface area contributed by atoms with E-state index in [2.05, 4.69) is 5.32 Å². The van der Waals surface area contributed by atoms with Crippen molar-refractivity contribution in [2.75, 3.05) is 59.8 Å². The summed E-state index contributed by atoms with van der Waals surface area (Å²) in [7, 11) is 1.47. The number of nitrogens with two attached hydrogens (primary N) is 1. The maximum Gasteiger partial charge on any atom is 0.329 e. The SMILES string of the molecule is CCC(C)C(=O)C(=O)N1CCCCC1C(=O)O[C@H](CCc1ccc(OC)c(O)c1)c1cccc(OCC(=O)NCCOCCOCCN)c1. The van der Waals surface area contributed by atoms with Crippen molar-refractivity contribution in [3.8, 4) is 17.2 Å². The molecule has 0 aliphatic carbocycles. The number of ether oxygens (including phenoxy) is 5. The Morgan fingerprint density at radius 1 is 1.04 bits per heavy atom. The summed E-state index contributed by atoms with van der Waals surface area (Å²) in [5, 5.41) is 13.0. The number of rotatable bonds is 21.